The fourth-order valence-electron chi connectivity index (χ4n) is 4.47. The zero-order valence-electron chi connectivity index (χ0n) is 20.5. The second kappa shape index (κ2) is 10.4. The van der Waals surface area contributed by atoms with E-state index in [0.29, 0.717) is 34.6 Å². The number of rotatable bonds is 8. The van der Waals surface area contributed by atoms with Gasteiger partial charge in [0.15, 0.2) is 5.82 Å². The van der Waals surface area contributed by atoms with Gasteiger partial charge < -0.3 is 13.7 Å². The molecule has 0 fully saturated rings. The first-order valence-corrected chi connectivity index (χ1v) is 13.0. The molecule has 188 valence electrons. The highest BCUT2D eigenvalue weighted by atomic mass is 32.2. The monoisotopic (exact) mass is 521 g/mol. The molecule has 0 aliphatic carbocycles. The molecule has 0 bridgehead atoms. The Bertz CT molecular complexity index is 1760. The molecule has 8 nitrogen and oxygen atoms in total. The minimum atomic E-state index is -0.348. The van der Waals surface area contributed by atoms with Gasteiger partial charge in [0.25, 0.3) is 0 Å². The molecule has 3 aromatic carbocycles. The minimum absolute atomic E-state index is 0.348. The number of nitrogens with zero attached hydrogens (tertiary/aromatic N) is 5. The highest BCUT2D eigenvalue weighted by molar-refractivity contribution is 7.99. The van der Waals surface area contributed by atoms with Crippen LogP contribution in [0.4, 0.5) is 0 Å². The molecular formula is C29H23N5O3S. The smallest absolute Gasteiger partial charge is 0.340 e. The number of fused-ring (bicyclic) bond motifs is 2. The molecule has 6 rings (SSSR count). The van der Waals surface area contributed by atoms with E-state index in [9.17, 15) is 4.79 Å². The van der Waals surface area contributed by atoms with Crippen LogP contribution in [0.15, 0.2) is 106 Å². The maximum absolute atomic E-state index is 12.3. The van der Waals surface area contributed by atoms with E-state index in [1.807, 2.05) is 66.9 Å². The van der Waals surface area contributed by atoms with Gasteiger partial charge in [0.1, 0.15) is 5.76 Å². The van der Waals surface area contributed by atoms with E-state index in [1.54, 1.807) is 17.2 Å². The number of thioether (sulfide) groups is 1. The van der Waals surface area contributed by atoms with Crippen LogP contribution in [-0.4, -0.2) is 44.5 Å². The van der Waals surface area contributed by atoms with Crippen LogP contribution < -0.4 is 0 Å². The van der Waals surface area contributed by atoms with Gasteiger partial charge in [-0.15, -0.1) is 10.2 Å². The maximum Gasteiger partial charge on any atom is 0.340 e. The number of para-hydroxylation sites is 1. The molecule has 0 unspecified atom stereocenters. The highest BCUT2D eigenvalue weighted by Gasteiger charge is 2.18. The SMILES string of the molecule is COC(=O)c1cn(CCSc2nnc(-c3cccc4ccccc34)n2/N=C/c2ccco2)c2ccccc12. The Morgan fingerprint density at radius 2 is 1.82 bits per heavy atom. The van der Waals surface area contributed by atoms with Crippen LogP contribution in [0, 0.1) is 0 Å². The fraction of sp³-hybridized carbons (Fsp3) is 0.103. The van der Waals surface area contributed by atoms with Gasteiger partial charge in [0.2, 0.25) is 5.16 Å². The lowest BCUT2D eigenvalue weighted by Crippen LogP contribution is -2.02. The predicted octanol–water partition coefficient (Wildman–Crippen LogP) is 6.11. The van der Waals surface area contributed by atoms with Gasteiger partial charge in [-0.3, -0.25) is 0 Å². The van der Waals surface area contributed by atoms with E-state index in [0.717, 1.165) is 27.2 Å². The molecular weight excluding hydrogens is 498 g/mol. The standard InChI is InChI=1S/C29H23N5O3S/c1-36-28(35)25-19-33(26-14-5-4-12-23(25)26)15-17-38-29-32-31-27(34(29)30-18-21-10-7-16-37-21)24-13-6-9-20-8-2-3-11-22(20)24/h2-14,16,18-19H,15,17H2,1H3/b30-18+. The van der Waals surface area contributed by atoms with Crippen molar-refractivity contribution in [3.63, 3.8) is 0 Å². The summed E-state index contributed by atoms with van der Waals surface area (Å²) < 4.78 is 14.2. The van der Waals surface area contributed by atoms with E-state index in [1.165, 1.54) is 18.9 Å². The second-order valence-corrected chi connectivity index (χ2v) is 9.56. The van der Waals surface area contributed by atoms with Crippen LogP contribution in [-0.2, 0) is 11.3 Å². The van der Waals surface area contributed by atoms with Crippen molar-refractivity contribution in [1.82, 2.24) is 19.4 Å². The van der Waals surface area contributed by atoms with Crippen LogP contribution >= 0.6 is 11.8 Å². The van der Waals surface area contributed by atoms with E-state index in [2.05, 4.69) is 38.1 Å². The van der Waals surface area contributed by atoms with E-state index < -0.39 is 0 Å². The van der Waals surface area contributed by atoms with E-state index in [4.69, 9.17) is 9.15 Å². The molecule has 0 atom stereocenters. The normalized spacial score (nSPS) is 11.6. The molecule has 0 aliphatic heterocycles. The summed E-state index contributed by atoms with van der Waals surface area (Å²) in [6.07, 6.45) is 5.11. The lowest BCUT2D eigenvalue weighted by Gasteiger charge is -2.08. The third-order valence-corrected chi connectivity index (χ3v) is 7.14. The number of carbonyl (C=O) groups is 1. The molecule has 9 heteroatoms. The number of esters is 1. The Labute approximate surface area is 222 Å². The summed E-state index contributed by atoms with van der Waals surface area (Å²) in [5, 5.41) is 17.4. The molecule has 6 aromatic rings. The first-order valence-electron chi connectivity index (χ1n) is 12.0. The largest absolute Gasteiger partial charge is 0.465 e. The van der Waals surface area contributed by atoms with Crippen molar-refractivity contribution in [3.05, 3.63) is 103 Å². The number of benzene rings is 3. The number of ether oxygens (including phenoxy) is 1. The molecule has 3 heterocycles. The zero-order chi connectivity index (χ0) is 25.9. The van der Waals surface area contributed by atoms with Gasteiger partial charge in [0.05, 0.1) is 25.2 Å². The van der Waals surface area contributed by atoms with Gasteiger partial charge in [0, 0.05) is 35.0 Å². The van der Waals surface area contributed by atoms with Crippen LogP contribution in [0.5, 0.6) is 0 Å². The van der Waals surface area contributed by atoms with Crippen molar-refractivity contribution in [2.75, 3.05) is 12.9 Å². The van der Waals surface area contributed by atoms with Crippen molar-refractivity contribution in [1.29, 1.82) is 0 Å². The van der Waals surface area contributed by atoms with Crippen LogP contribution in [0.1, 0.15) is 16.1 Å². The topological polar surface area (TPSA) is 87.4 Å². The van der Waals surface area contributed by atoms with Gasteiger partial charge in [-0.2, -0.15) is 9.78 Å². The molecule has 0 N–H and O–H groups in total. The zero-order valence-corrected chi connectivity index (χ0v) is 21.3. The minimum Gasteiger partial charge on any atom is -0.465 e. The summed E-state index contributed by atoms with van der Waals surface area (Å²) in [5.74, 6) is 1.61. The maximum atomic E-state index is 12.3. The fourth-order valence-corrected chi connectivity index (χ4v) is 5.29. The Kier molecular flexibility index (Phi) is 6.49. The molecule has 0 radical (unpaired) electrons. The average Bonchev–Trinajstić information content (AvgIpc) is 3.71. The van der Waals surface area contributed by atoms with Crippen molar-refractivity contribution in [3.8, 4) is 11.4 Å². The summed E-state index contributed by atoms with van der Waals surface area (Å²) in [6.45, 7) is 0.653. The third kappa shape index (κ3) is 4.48. The molecule has 0 amide bonds. The number of aryl methyl sites for hydroxylation is 1. The van der Waals surface area contributed by atoms with Crippen molar-refractivity contribution < 1.29 is 13.9 Å². The Morgan fingerprint density at radius 3 is 2.66 bits per heavy atom. The number of furan rings is 1. The highest BCUT2D eigenvalue weighted by Crippen LogP contribution is 2.30. The quantitative estimate of drug-likeness (QED) is 0.136. The van der Waals surface area contributed by atoms with Crippen LogP contribution in [0.2, 0.25) is 0 Å². The molecule has 0 saturated heterocycles. The van der Waals surface area contributed by atoms with Gasteiger partial charge in [-0.05, 0) is 29.0 Å². The number of carbonyl (C=O) groups excluding carboxylic acids is 1. The first-order chi connectivity index (χ1) is 18.7. The van der Waals surface area contributed by atoms with Gasteiger partial charge >= 0.3 is 5.97 Å². The summed E-state index contributed by atoms with van der Waals surface area (Å²) >= 11 is 1.54. The second-order valence-electron chi connectivity index (χ2n) is 8.50. The summed E-state index contributed by atoms with van der Waals surface area (Å²) in [7, 11) is 1.40. The summed E-state index contributed by atoms with van der Waals surface area (Å²) in [4.78, 5) is 12.3. The Balaban J connectivity index is 1.32. The van der Waals surface area contributed by atoms with Crippen molar-refractivity contribution in [2.45, 2.75) is 11.7 Å². The predicted molar refractivity (Wildman–Crippen MR) is 149 cm³/mol. The number of hydrogen-bond donors (Lipinski definition) is 0. The van der Waals surface area contributed by atoms with E-state index in [-0.39, 0.29) is 5.97 Å². The summed E-state index contributed by atoms with van der Waals surface area (Å²) in [5.41, 5.74) is 2.47. The Hall–Kier alpha value is -4.63. The lowest BCUT2D eigenvalue weighted by atomic mass is 10.0. The molecule has 0 spiro atoms. The van der Waals surface area contributed by atoms with E-state index >= 15 is 0 Å². The average molecular weight is 522 g/mol. The molecule has 38 heavy (non-hydrogen) atoms. The van der Waals surface area contributed by atoms with Crippen LogP contribution in [0.3, 0.4) is 0 Å². The molecule has 0 saturated carbocycles. The lowest BCUT2D eigenvalue weighted by molar-refractivity contribution is 0.0602. The van der Waals surface area contributed by atoms with Crippen molar-refractivity contribution in [2.24, 2.45) is 5.10 Å². The number of aromatic nitrogens is 4. The first kappa shape index (κ1) is 23.7. The van der Waals surface area contributed by atoms with Gasteiger partial charge in [-0.1, -0.05) is 72.4 Å². The van der Waals surface area contributed by atoms with Crippen molar-refractivity contribution >= 4 is 45.6 Å². The number of hydrogen-bond acceptors (Lipinski definition) is 7. The molecule has 3 aromatic heterocycles. The van der Waals surface area contributed by atoms with Crippen LogP contribution in [0.25, 0.3) is 33.1 Å². The summed E-state index contributed by atoms with van der Waals surface area (Å²) in [6, 6.07) is 25.8. The third-order valence-electron chi connectivity index (χ3n) is 6.24. The molecule has 0 aliphatic rings. The van der Waals surface area contributed by atoms with Gasteiger partial charge in [-0.25, -0.2) is 4.79 Å². The number of methoxy groups -OCH3 is 1. The Morgan fingerprint density at radius 1 is 1.00 bits per heavy atom.